The number of pyridine rings is 1. The molecule has 8 aromatic rings. The van der Waals surface area contributed by atoms with Crippen LogP contribution < -0.4 is 0 Å². The maximum Gasteiger partial charge on any atom is 0.163 e. The average molecular weight is 550 g/mol. The lowest BCUT2D eigenvalue weighted by molar-refractivity contribution is 0.497. The van der Waals surface area contributed by atoms with Gasteiger partial charge in [-0.05, 0) is 41.8 Å². The Morgan fingerprint density at radius 2 is 1.21 bits per heavy atom. The van der Waals surface area contributed by atoms with Crippen LogP contribution in [-0.4, -0.2) is 24.3 Å². The Labute approximate surface area is 243 Å². The van der Waals surface area contributed by atoms with Crippen LogP contribution in [0.3, 0.4) is 0 Å². The highest BCUT2D eigenvalue weighted by atomic mass is 16.3. The fraction of sp³-hybridized carbons (Fsp3) is 0.222. The van der Waals surface area contributed by atoms with E-state index in [0.29, 0.717) is 5.82 Å². The summed E-state index contributed by atoms with van der Waals surface area (Å²) >= 11 is 0. The molecule has 0 aliphatic carbocycles. The van der Waals surface area contributed by atoms with Crippen LogP contribution in [0.5, 0.6) is 0 Å². The van der Waals surface area contributed by atoms with Crippen LogP contribution in [-0.2, 0) is 10.8 Å². The van der Waals surface area contributed by atoms with Crippen LogP contribution in [0.1, 0.15) is 53.2 Å². The highest BCUT2D eigenvalue weighted by Gasteiger charge is 2.26. The number of nitrogens with zero attached hydrogens (tertiary/aromatic N) is 5. The summed E-state index contributed by atoms with van der Waals surface area (Å²) in [7, 11) is 0. The third kappa shape index (κ3) is 3.64. The molecule has 0 radical (unpaired) electrons. The molecule has 4 aromatic carbocycles. The molecule has 0 atom stereocenters. The zero-order chi connectivity index (χ0) is 29.0. The maximum atomic E-state index is 6.55. The Balaban J connectivity index is 1.41. The minimum Gasteiger partial charge on any atom is -0.456 e. The molecule has 0 bridgehead atoms. The molecule has 0 spiro atoms. The summed E-state index contributed by atoms with van der Waals surface area (Å²) in [6.45, 7) is 12.8. The Morgan fingerprint density at radius 1 is 0.548 bits per heavy atom. The zero-order valence-corrected chi connectivity index (χ0v) is 24.6. The molecule has 42 heavy (non-hydrogen) atoms. The molecule has 4 aromatic heterocycles. The second kappa shape index (κ2) is 8.35. The lowest BCUT2D eigenvalue weighted by Gasteiger charge is -2.22. The summed E-state index contributed by atoms with van der Waals surface area (Å²) in [5.41, 5.74) is 6.33. The average Bonchev–Trinajstić information content (AvgIpc) is 3.53. The molecule has 0 saturated carbocycles. The highest BCUT2D eigenvalue weighted by molar-refractivity contribution is 6.19. The van der Waals surface area contributed by atoms with Crippen LogP contribution in [0.15, 0.2) is 83.3 Å². The van der Waals surface area contributed by atoms with E-state index < -0.39 is 0 Å². The largest absolute Gasteiger partial charge is 0.456 e. The van der Waals surface area contributed by atoms with Gasteiger partial charge in [0.25, 0.3) is 0 Å². The molecule has 206 valence electrons. The number of para-hydroxylation sites is 2. The fourth-order valence-corrected chi connectivity index (χ4v) is 5.89. The van der Waals surface area contributed by atoms with Gasteiger partial charge in [0.2, 0.25) is 0 Å². The third-order valence-electron chi connectivity index (χ3n) is 8.08. The van der Waals surface area contributed by atoms with Crippen LogP contribution >= 0.6 is 0 Å². The Bertz CT molecular complexity index is 2350. The zero-order valence-electron chi connectivity index (χ0n) is 24.6. The fourth-order valence-electron chi connectivity index (χ4n) is 5.89. The molecular formula is C36H31N5O. The van der Waals surface area contributed by atoms with E-state index >= 15 is 0 Å². The number of imidazole rings is 1. The van der Waals surface area contributed by atoms with E-state index in [9.17, 15) is 0 Å². The van der Waals surface area contributed by atoms with Gasteiger partial charge in [0.15, 0.2) is 5.82 Å². The van der Waals surface area contributed by atoms with E-state index in [1.807, 2.05) is 6.07 Å². The quantitative estimate of drug-likeness (QED) is 0.191. The van der Waals surface area contributed by atoms with Crippen molar-refractivity contribution in [3.63, 3.8) is 0 Å². The molecule has 6 heteroatoms. The molecule has 0 aliphatic rings. The van der Waals surface area contributed by atoms with E-state index in [1.165, 1.54) is 0 Å². The molecule has 0 saturated heterocycles. The Hall–Kier alpha value is -4.84. The molecule has 0 aliphatic heterocycles. The molecule has 0 fully saturated rings. The number of hydrogen-bond donors (Lipinski definition) is 0. The molecular weight excluding hydrogens is 518 g/mol. The molecule has 6 nitrogen and oxygen atoms in total. The standard InChI is InChI=1S/C36H31N5O/c1-35(2,3)33-38-31(39-34(40-33)36(4,5)6)20-15-16-22-25-18-28-24(19-30(25)42-29(22)17-20)21-11-7-8-12-23(21)32-37-26-13-9-10-14-27(26)41(28)32/h7-19H,1-6H3. The topological polar surface area (TPSA) is 69.1 Å². The van der Waals surface area contributed by atoms with E-state index in [0.717, 1.165) is 77.5 Å². The van der Waals surface area contributed by atoms with Gasteiger partial charge >= 0.3 is 0 Å². The van der Waals surface area contributed by atoms with E-state index in [2.05, 4.69) is 119 Å². The van der Waals surface area contributed by atoms with Crippen molar-refractivity contribution in [2.45, 2.75) is 52.4 Å². The summed E-state index contributed by atoms with van der Waals surface area (Å²) in [6, 6.07) is 27.5. The maximum absolute atomic E-state index is 6.55. The third-order valence-corrected chi connectivity index (χ3v) is 8.08. The van der Waals surface area contributed by atoms with Gasteiger partial charge in [-0.15, -0.1) is 0 Å². The SMILES string of the molecule is CC(C)(C)c1nc(-c2ccc3c(c2)oc2cc4c5ccccc5c5nc6ccccc6n5c4cc23)nc(C(C)(C)C)n1. The molecule has 0 N–H and O–H groups in total. The first-order valence-electron chi connectivity index (χ1n) is 14.4. The first-order chi connectivity index (χ1) is 20.1. The van der Waals surface area contributed by atoms with E-state index in [4.69, 9.17) is 24.4 Å². The van der Waals surface area contributed by atoms with Crippen molar-refractivity contribution < 1.29 is 4.42 Å². The molecule has 4 heterocycles. The monoisotopic (exact) mass is 549 g/mol. The summed E-state index contributed by atoms with van der Waals surface area (Å²) in [5, 5.41) is 5.54. The molecule has 8 rings (SSSR count). The van der Waals surface area contributed by atoms with E-state index in [-0.39, 0.29) is 10.8 Å². The number of fused-ring (bicyclic) bond motifs is 11. The van der Waals surface area contributed by atoms with Gasteiger partial charge in [0.05, 0.1) is 16.6 Å². The number of aromatic nitrogens is 5. The van der Waals surface area contributed by atoms with Crippen molar-refractivity contribution >= 4 is 60.3 Å². The van der Waals surface area contributed by atoms with Gasteiger partial charge in [0.1, 0.15) is 28.5 Å². The van der Waals surface area contributed by atoms with Crippen LogP contribution in [0.25, 0.3) is 71.7 Å². The first-order valence-corrected chi connectivity index (χ1v) is 14.4. The van der Waals surface area contributed by atoms with Crippen LogP contribution in [0, 0.1) is 0 Å². The molecule has 0 unspecified atom stereocenters. The van der Waals surface area contributed by atoms with Crippen molar-refractivity contribution in [2.75, 3.05) is 0 Å². The number of furan rings is 1. The Morgan fingerprint density at radius 3 is 1.95 bits per heavy atom. The second-order valence-electron chi connectivity index (χ2n) is 13.3. The Kier molecular flexibility index (Phi) is 4.95. The predicted molar refractivity (Wildman–Crippen MR) is 171 cm³/mol. The minimum atomic E-state index is -0.202. The van der Waals surface area contributed by atoms with Gasteiger partial charge in [-0.1, -0.05) is 84.0 Å². The van der Waals surface area contributed by atoms with Crippen molar-refractivity contribution in [3.8, 4) is 11.4 Å². The summed E-state index contributed by atoms with van der Waals surface area (Å²) in [5.74, 6) is 2.25. The van der Waals surface area contributed by atoms with Gasteiger partial charge in [-0.3, -0.25) is 4.40 Å². The van der Waals surface area contributed by atoms with Gasteiger partial charge in [-0.25, -0.2) is 19.9 Å². The van der Waals surface area contributed by atoms with Crippen molar-refractivity contribution in [1.29, 1.82) is 0 Å². The van der Waals surface area contributed by atoms with Crippen LogP contribution in [0.4, 0.5) is 0 Å². The lowest BCUT2D eigenvalue weighted by Crippen LogP contribution is -2.24. The minimum absolute atomic E-state index is 0.202. The normalized spacial score (nSPS) is 13.0. The van der Waals surface area contributed by atoms with Gasteiger partial charge < -0.3 is 4.42 Å². The predicted octanol–water partition coefficient (Wildman–Crippen LogP) is 9.14. The number of rotatable bonds is 1. The summed E-state index contributed by atoms with van der Waals surface area (Å²) in [4.78, 5) is 19.7. The number of hydrogen-bond acceptors (Lipinski definition) is 5. The van der Waals surface area contributed by atoms with E-state index in [1.54, 1.807) is 0 Å². The van der Waals surface area contributed by atoms with Gasteiger partial charge in [-0.2, -0.15) is 0 Å². The summed E-state index contributed by atoms with van der Waals surface area (Å²) < 4.78 is 8.84. The lowest BCUT2D eigenvalue weighted by atomic mass is 9.93. The van der Waals surface area contributed by atoms with Crippen molar-refractivity contribution in [3.05, 3.63) is 90.5 Å². The summed E-state index contributed by atoms with van der Waals surface area (Å²) in [6.07, 6.45) is 0. The molecule has 0 amide bonds. The number of benzene rings is 4. The van der Waals surface area contributed by atoms with Crippen LogP contribution in [0.2, 0.25) is 0 Å². The highest BCUT2D eigenvalue weighted by Crippen LogP contribution is 2.39. The van der Waals surface area contributed by atoms with Crippen molar-refractivity contribution in [1.82, 2.24) is 24.3 Å². The first kappa shape index (κ1) is 24.9. The smallest absolute Gasteiger partial charge is 0.163 e. The van der Waals surface area contributed by atoms with Crippen molar-refractivity contribution in [2.24, 2.45) is 0 Å². The van der Waals surface area contributed by atoms with Gasteiger partial charge in [0, 0.05) is 37.9 Å². The second-order valence-corrected chi connectivity index (χ2v) is 13.3.